The molecule has 96 valence electrons. The minimum absolute atomic E-state index is 0.214. The third-order valence-corrected chi connectivity index (χ3v) is 3.23. The van der Waals surface area contributed by atoms with E-state index in [2.05, 4.69) is 0 Å². The molecule has 2 rings (SSSR count). The average molecular weight is 238 g/mol. The van der Waals surface area contributed by atoms with Gasteiger partial charge in [0.25, 0.3) is 0 Å². The van der Waals surface area contributed by atoms with Gasteiger partial charge in [-0.15, -0.1) is 0 Å². The van der Waals surface area contributed by atoms with E-state index in [4.69, 9.17) is 0 Å². The quantitative estimate of drug-likeness (QED) is 0.822. The molecule has 0 spiro atoms. The van der Waals surface area contributed by atoms with Crippen molar-refractivity contribution in [1.82, 2.24) is 0 Å². The van der Waals surface area contributed by atoms with Crippen molar-refractivity contribution in [3.63, 3.8) is 0 Å². The third kappa shape index (κ3) is 4.47. The van der Waals surface area contributed by atoms with Crippen LogP contribution in [0.15, 0.2) is 24.3 Å². The molecule has 0 amide bonds. The van der Waals surface area contributed by atoms with Gasteiger partial charge in [-0.1, -0.05) is 45.2 Å². The Morgan fingerprint density at radius 3 is 2.12 bits per heavy atom. The zero-order valence-electron chi connectivity index (χ0n) is 10.9. The molecular weight excluding hydrogens is 215 g/mol. The first-order valence-electron chi connectivity index (χ1n) is 6.65. The highest BCUT2D eigenvalue weighted by atomic mass is 19.1. The van der Waals surface area contributed by atoms with Crippen LogP contribution < -0.4 is 0 Å². The maximum atomic E-state index is 12.7. The molecule has 1 aliphatic rings. The van der Waals surface area contributed by atoms with Gasteiger partial charge < -0.3 is 5.11 Å². The van der Waals surface area contributed by atoms with E-state index in [-0.39, 0.29) is 5.82 Å². The Balaban J connectivity index is 0.000000686. The summed E-state index contributed by atoms with van der Waals surface area (Å²) in [4.78, 5) is 0. The zero-order valence-corrected chi connectivity index (χ0v) is 10.9. The van der Waals surface area contributed by atoms with Gasteiger partial charge in [-0.3, -0.25) is 0 Å². The fraction of sp³-hybridized carbons (Fsp3) is 0.600. The molecule has 0 saturated heterocycles. The Morgan fingerprint density at radius 2 is 1.59 bits per heavy atom. The van der Waals surface area contributed by atoms with Crippen molar-refractivity contribution in [1.29, 1.82) is 0 Å². The zero-order chi connectivity index (χ0) is 12.7. The van der Waals surface area contributed by atoms with E-state index < -0.39 is 5.60 Å². The molecular formula is C15H23FO. The first-order chi connectivity index (χ1) is 8.18. The summed E-state index contributed by atoms with van der Waals surface area (Å²) in [6.07, 6.45) is 5.86. The molecule has 0 bridgehead atoms. The van der Waals surface area contributed by atoms with E-state index in [1.165, 1.54) is 18.6 Å². The lowest BCUT2D eigenvalue weighted by atomic mass is 9.80. The minimum Gasteiger partial charge on any atom is -0.390 e. The standard InChI is InChI=1S/C13H17FO.C2H6/c14-12-6-4-11(5-7-12)10-13(15)8-2-1-3-9-13;1-2/h4-7,15H,1-3,8-10H2;1-2H3. The van der Waals surface area contributed by atoms with E-state index in [1.807, 2.05) is 13.8 Å². The second kappa shape index (κ2) is 6.75. The van der Waals surface area contributed by atoms with E-state index in [9.17, 15) is 9.50 Å². The molecule has 1 nitrogen and oxygen atoms in total. The number of aliphatic hydroxyl groups is 1. The van der Waals surface area contributed by atoms with Gasteiger partial charge in [0.15, 0.2) is 0 Å². The van der Waals surface area contributed by atoms with Gasteiger partial charge in [0.1, 0.15) is 5.82 Å². The number of benzene rings is 1. The van der Waals surface area contributed by atoms with Crippen LogP contribution >= 0.6 is 0 Å². The highest BCUT2D eigenvalue weighted by Gasteiger charge is 2.28. The SMILES string of the molecule is CC.OC1(Cc2ccc(F)cc2)CCCCC1. The summed E-state index contributed by atoms with van der Waals surface area (Å²) in [6, 6.07) is 6.45. The predicted octanol–water partition coefficient (Wildman–Crippen LogP) is 4.09. The summed E-state index contributed by atoms with van der Waals surface area (Å²) in [5.74, 6) is -0.214. The minimum atomic E-state index is -0.546. The summed E-state index contributed by atoms with van der Waals surface area (Å²) in [5, 5.41) is 10.3. The molecule has 0 radical (unpaired) electrons. The van der Waals surface area contributed by atoms with Crippen molar-refractivity contribution >= 4 is 0 Å². The Labute approximate surface area is 104 Å². The maximum Gasteiger partial charge on any atom is 0.123 e. The van der Waals surface area contributed by atoms with Gasteiger partial charge in [0.05, 0.1) is 5.60 Å². The van der Waals surface area contributed by atoms with E-state index in [1.54, 1.807) is 12.1 Å². The van der Waals surface area contributed by atoms with Crippen LogP contribution in [0.1, 0.15) is 51.5 Å². The lowest BCUT2D eigenvalue weighted by Gasteiger charge is -2.32. The highest BCUT2D eigenvalue weighted by molar-refractivity contribution is 5.18. The monoisotopic (exact) mass is 238 g/mol. The summed E-state index contributed by atoms with van der Waals surface area (Å²) in [7, 11) is 0. The maximum absolute atomic E-state index is 12.7. The predicted molar refractivity (Wildman–Crippen MR) is 69.5 cm³/mol. The first-order valence-corrected chi connectivity index (χ1v) is 6.65. The molecule has 1 N–H and O–H groups in total. The Kier molecular flexibility index (Phi) is 5.63. The van der Waals surface area contributed by atoms with Gasteiger partial charge in [0.2, 0.25) is 0 Å². The van der Waals surface area contributed by atoms with E-state index >= 15 is 0 Å². The normalized spacial score (nSPS) is 18.1. The fourth-order valence-corrected chi connectivity index (χ4v) is 2.37. The van der Waals surface area contributed by atoms with Crippen LogP contribution in [0.4, 0.5) is 4.39 Å². The molecule has 17 heavy (non-hydrogen) atoms. The molecule has 2 heteroatoms. The number of halogens is 1. The van der Waals surface area contributed by atoms with Crippen molar-refractivity contribution in [3.05, 3.63) is 35.6 Å². The molecule has 1 fully saturated rings. The number of hydrogen-bond acceptors (Lipinski definition) is 1. The molecule has 1 aliphatic carbocycles. The van der Waals surface area contributed by atoms with Crippen LogP contribution in [0.25, 0.3) is 0 Å². The fourth-order valence-electron chi connectivity index (χ4n) is 2.37. The van der Waals surface area contributed by atoms with Gasteiger partial charge in [-0.2, -0.15) is 0 Å². The number of rotatable bonds is 2. The second-order valence-electron chi connectivity index (χ2n) is 4.59. The van der Waals surface area contributed by atoms with E-state index in [0.29, 0.717) is 6.42 Å². The van der Waals surface area contributed by atoms with Gasteiger partial charge in [-0.05, 0) is 30.5 Å². The first kappa shape index (κ1) is 14.2. The average Bonchev–Trinajstić information content (AvgIpc) is 2.35. The van der Waals surface area contributed by atoms with Crippen LogP contribution in [0, 0.1) is 5.82 Å². The molecule has 0 atom stereocenters. The summed E-state index contributed by atoms with van der Waals surface area (Å²) in [5.41, 5.74) is 0.483. The van der Waals surface area contributed by atoms with Crippen molar-refractivity contribution in [3.8, 4) is 0 Å². The smallest absolute Gasteiger partial charge is 0.123 e. The van der Waals surface area contributed by atoms with Crippen molar-refractivity contribution < 1.29 is 9.50 Å². The van der Waals surface area contributed by atoms with Crippen LogP contribution in [-0.4, -0.2) is 10.7 Å². The van der Waals surface area contributed by atoms with Gasteiger partial charge >= 0.3 is 0 Å². The Morgan fingerprint density at radius 1 is 1.06 bits per heavy atom. The summed E-state index contributed by atoms with van der Waals surface area (Å²) in [6.45, 7) is 4.00. The van der Waals surface area contributed by atoms with Crippen LogP contribution in [-0.2, 0) is 6.42 Å². The van der Waals surface area contributed by atoms with Crippen LogP contribution in [0.2, 0.25) is 0 Å². The van der Waals surface area contributed by atoms with Gasteiger partial charge in [-0.25, -0.2) is 4.39 Å². The molecule has 0 heterocycles. The summed E-state index contributed by atoms with van der Waals surface area (Å²) < 4.78 is 12.7. The largest absolute Gasteiger partial charge is 0.390 e. The van der Waals surface area contributed by atoms with Gasteiger partial charge in [0, 0.05) is 6.42 Å². The Hall–Kier alpha value is -0.890. The molecule has 0 unspecified atom stereocenters. The second-order valence-corrected chi connectivity index (χ2v) is 4.59. The summed E-state index contributed by atoms with van der Waals surface area (Å²) >= 11 is 0. The van der Waals surface area contributed by atoms with Crippen molar-refractivity contribution in [2.24, 2.45) is 0 Å². The molecule has 0 aromatic heterocycles. The molecule has 1 aromatic rings. The van der Waals surface area contributed by atoms with Crippen LogP contribution in [0.3, 0.4) is 0 Å². The highest BCUT2D eigenvalue weighted by Crippen LogP contribution is 2.31. The topological polar surface area (TPSA) is 20.2 Å². The van der Waals surface area contributed by atoms with E-state index in [0.717, 1.165) is 31.2 Å². The molecule has 1 saturated carbocycles. The lowest BCUT2D eigenvalue weighted by Crippen LogP contribution is -2.33. The van der Waals surface area contributed by atoms with Crippen molar-refractivity contribution in [2.45, 2.75) is 58.0 Å². The molecule has 0 aliphatic heterocycles. The van der Waals surface area contributed by atoms with Crippen molar-refractivity contribution in [2.75, 3.05) is 0 Å². The number of hydrogen-bond donors (Lipinski definition) is 1. The van der Waals surface area contributed by atoms with Crippen LogP contribution in [0.5, 0.6) is 0 Å². The molecule has 1 aromatic carbocycles. The lowest BCUT2D eigenvalue weighted by molar-refractivity contribution is 0.00448. The third-order valence-electron chi connectivity index (χ3n) is 3.23. The Bertz CT molecular complexity index is 312.